The molecule has 0 spiro atoms. The van der Waals surface area contributed by atoms with Crippen molar-refractivity contribution in [2.24, 2.45) is 9.98 Å². The second-order valence-corrected chi connectivity index (χ2v) is 1.41. The molecule has 0 aromatic carbocycles. The Kier molecular flexibility index (Phi) is 1.60. The number of aliphatic imine (C=N–C) groups is 2. The lowest BCUT2D eigenvalue weighted by molar-refractivity contribution is 0.568. The highest BCUT2D eigenvalue weighted by Crippen LogP contribution is 1.97. The van der Waals surface area contributed by atoms with E-state index in [-0.39, 0.29) is 11.5 Å². The van der Waals surface area contributed by atoms with Crippen LogP contribution in [0.3, 0.4) is 0 Å². The molecule has 1 heterocycles. The summed E-state index contributed by atoms with van der Waals surface area (Å²) in [7, 11) is 0. The van der Waals surface area contributed by atoms with E-state index in [1.165, 1.54) is 12.3 Å². The molecular weight excluding hydrogens is 132 g/mol. The predicted molar refractivity (Wildman–Crippen MR) is 33.9 cm³/mol. The SMILES string of the molecule is N#CNC1=NC=NC1=C=O. The van der Waals surface area contributed by atoms with Gasteiger partial charge in [0.1, 0.15) is 6.34 Å². The lowest BCUT2D eigenvalue weighted by Crippen LogP contribution is -2.17. The van der Waals surface area contributed by atoms with Gasteiger partial charge >= 0.3 is 0 Å². The fourth-order valence-electron chi connectivity index (χ4n) is 0.486. The summed E-state index contributed by atoms with van der Waals surface area (Å²) in [5.41, 5.74) is 0.0292. The van der Waals surface area contributed by atoms with Gasteiger partial charge in [0.05, 0.1) is 0 Å². The molecule has 1 N–H and O–H groups in total. The van der Waals surface area contributed by atoms with Crippen LogP contribution in [0.4, 0.5) is 0 Å². The molecule has 5 heteroatoms. The molecule has 0 bridgehead atoms. The number of carbonyl (C=O) groups excluding carboxylic acids is 1. The highest BCUT2D eigenvalue weighted by molar-refractivity contribution is 6.11. The summed E-state index contributed by atoms with van der Waals surface area (Å²) in [4.78, 5) is 17.1. The third-order valence-electron chi connectivity index (χ3n) is 0.869. The molecule has 0 aromatic rings. The maximum atomic E-state index is 9.99. The normalized spacial score (nSPS) is 13.9. The van der Waals surface area contributed by atoms with E-state index in [4.69, 9.17) is 5.26 Å². The van der Waals surface area contributed by atoms with E-state index in [1.54, 1.807) is 6.19 Å². The molecule has 0 radical (unpaired) electrons. The van der Waals surface area contributed by atoms with Crippen molar-refractivity contribution in [3.63, 3.8) is 0 Å². The fourth-order valence-corrected chi connectivity index (χ4v) is 0.486. The molecule has 0 atom stereocenters. The van der Waals surface area contributed by atoms with E-state index in [2.05, 4.69) is 15.3 Å². The topological polar surface area (TPSA) is 77.6 Å². The minimum Gasteiger partial charge on any atom is -0.274 e. The van der Waals surface area contributed by atoms with Crippen LogP contribution in [-0.4, -0.2) is 18.1 Å². The van der Waals surface area contributed by atoms with Crippen molar-refractivity contribution in [3.8, 4) is 6.19 Å². The maximum Gasteiger partial charge on any atom is 0.192 e. The quantitative estimate of drug-likeness (QED) is 0.268. The van der Waals surface area contributed by atoms with Crippen LogP contribution in [0, 0.1) is 11.5 Å². The van der Waals surface area contributed by atoms with Gasteiger partial charge in [0, 0.05) is 0 Å². The van der Waals surface area contributed by atoms with Crippen LogP contribution < -0.4 is 5.32 Å². The molecule has 1 rings (SSSR count). The van der Waals surface area contributed by atoms with Crippen LogP contribution in [-0.2, 0) is 4.79 Å². The summed E-state index contributed by atoms with van der Waals surface area (Å²) in [5, 5.41) is 10.3. The summed E-state index contributed by atoms with van der Waals surface area (Å²) in [6.45, 7) is 0. The molecule has 0 saturated carbocycles. The highest BCUT2D eigenvalue weighted by Gasteiger charge is 2.09. The Labute approximate surface area is 56.4 Å². The number of nitrogens with one attached hydrogen (secondary N) is 1. The monoisotopic (exact) mass is 134 g/mol. The average molecular weight is 134 g/mol. The lowest BCUT2D eigenvalue weighted by Gasteiger charge is -1.89. The molecule has 5 nitrogen and oxygen atoms in total. The lowest BCUT2D eigenvalue weighted by atomic mass is 10.5. The van der Waals surface area contributed by atoms with Crippen molar-refractivity contribution in [2.45, 2.75) is 0 Å². The summed E-state index contributed by atoms with van der Waals surface area (Å²) in [6.07, 6.45) is 2.79. The number of hydrogen-bond donors (Lipinski definition) is 1. The molecule has 1 aliphatic heterocycles. The van der Waals surface area contributed by atoms with E-state index in [0.717, 1.165) is 0 Å². The van der Waals surface area contributed by atoms with Crippen LogP contribution >= 0.6 is 0 Å². The molecule has 48 valence electrons. The van der Waals surface area contributed by atoms with Gasteiger partial charge in [-0.25, -0.2) is 14.8 Å². The number of rotatable bonds is 0. The van der Waals surface area contributed by atoms with Crippen LogP contribution in [0.15, 0.2) is 15.7 Å². The van der Waals surface area contributed by atoms with Gasteiger partial charge in [-0.2, -0.15) is 5.26 Å². The van der Waals surface area contributed by atoms with E-state index in [1.807, 2.05) is 0 Å². The fraction of sp³-hybridized carbons (Fsp3) is 0. The van der Waals surface area contributed by atoms with Gasteiger partial charge < -0.3 is 0 Å². The van der Waals surface area contributed by atoms with Crippen molar-refractivity contribution in [1.29, 1.82) is 5.26 Å². The highest BCUT2D eigenvalue weighted by atomic mass is 16.1. The Hall–Kier alpha value is -1.92. The second-order valence-electron chi connectivity index (χ2n) is 1.41. The Bertz CT molecular complexity index is 289. The van der Waals surface area contributed by atoms with E-state index in [9.17, 15) is 4.79 Å². The largest absolute Gasteiger partial charge is 0.274 e. The Morgan fingerprint density at radius 2 is 2.50 bits per heavy atom. The molecule has 0 fully saturated rings. The summed E-state index contributed by atoms with van der Waals surface area (Å²) >= 11 is 0. The first-order valence-corrected chi connectivity index (χ1v) is 2.39. The van der Waals surface area contributed by atoms with Crippen molar-refractivity contribution in [1.82, 2.24) is 5.32 Å². The Morgan fingerprint density at radius 3 is 3.10 bits per heavy atom. The molecule has 0 unspecified atom stereocenters. The van der Waals surface area contributed by atoms with Crippen LogP contribution in [0.1, 0.15) is 0 Å². The molecule has 0 saturated heterocycles. The third kappa shape index (κ3) is 0.917. The summed E-state index contributed by atoms with van der Waals surface area (Å²) < 4.78 is 0. The zero-order valence-electron chi connectivity index (χ0n) is 4.83. The van der Waals surface area contributed by atoms with Crippen molar-refractivity contribution < 1.29 is 4.79 Å². The zero-order chi connectivity index (χ0) is 7.40. The van der Waals surface area contributed by atoms with Crippen molar-refractivity contribution in [3.05, 3.63) is 5.70 Å². The summed E-state index contributed by atoms with van der Waals surface area (Å²) in [5.74, 6) is 1.67. The van der Waals surface area contributed by atoms with Crippen LogP contribution in [0.25, 0.3) is 0 Å². The molecule has 1 aliphatic rings. The van der Waals surface area contributed by atoms with Crippen LogP contribution in [0.2, 0.25) is 0 Å². The van der Waals surface area contributed by atoms with Gasteiger partial charge in [-0.15, -0.1) is 0 Å². The molecule has 0 amide bonds. The molecule has 0 aliphatic carbocycles. The van der Waals surface area contributed by atoms with Gasteiger partial charge in [0.25, 0.3) is 0 Å². The standard InChI is InChI=1S/C5H2N4O/c6-2-7-5-4(1-10)8-3-9-5/h3H,(H,7,8,9). The average Bonchev–Trinajstić information content (AvgIpc) is 2.36. The van der Waals surface area contributed by atoms with Gasteiger partial charge in [0.2, 0.25) is 0 Å². The number of nitrogens with zero attached hydrogens (tertiary/aromatic N) is 3. The van der Waals surface area contributed by atoms with E-state index < -0.39 is 0 Å². The second kappa shape index (κ2) is 2.58. The van der Waals surface area contributed by atoms with Crippen molar-refractivity contribution in [2.75, 3.05) is 0 Å². The van der Waals surface area contributed by atoms with Gasteiger partial charge in [-0.05, 0) is 0 Å². The van der Waals surface area contributed by atoms with Gasteiger partial charge in [-0.3, -0.25) is 5.32 Å². The third-order valence-corrected chi connectivity index (χ3v) is 0.869. The van der Waals surface area contributed by atoms with E-state index in [0.29, 0.717) is 0 Å². The first-order valence-electron chi connectivity index (χ1n) is 2.39. The first-order chi connectivity index (χ1) is 4.88. The number of amidine groups is 1. The Morgan fingerprint density at radius 1 is 1.70 bits per heavy atom. The molecule has 0 aromatic heterocycles. The van der Waals surface area contributed by atoms with E-state index >= 15 is 0 Å². The van der Waals surface area contributed by atoms with Crippen LogP contribution in [0.5, 0.6) is 0 Å². The number of hydrogen-bond acceptors (Lipinski definition) is 5. The smallest absolute Gasteiger partial charge is 0.192 e. The maximum absolute atomic E-state index is 9.99. The van der Waals surface area contributed by atoms with Crippen molar-refractivity contribution >= 4 is 18.1 Å². The zero-order valence-corrected chi connectivity index (χ0v) is 4.83. The minimum absolute atomic E-state index is 0.0292. The Balaban J connectivity index is 2.85. The summed E-state index contributed by atoms with van der Waals surface area (Å²) in [6, 6.07) is 0. The van der Waals surface area contributed by atoms with Gasteiger partial charge in [-0.1, -0.05) is 0 Å². The first kappa shape index (κ1) is 6.20. The molecular formula is C5H2N4O. The number of nitriles is 1. The molecule has 10 heavy (non-hydrogen) atoms. The predicted octanol–water partition coefficient (Wildman–Crippen LogP) is -0.787. The van der Waals surface area contributed by atoms with Gasteiger partial charge in [0.15, 0.2) is 23.7 Å². The minimum atomic E-state index is 0.0292.